The first kappa shape index (κ1) is 20.6. The van der Waals surface area contributed by atoms with Gasteiger partial charge in [0, 0.05) is 0 Å². The Morgan fingerprint density at radius 3 is 1.63 bits per heavy atom. The van der Waals surface area contributed by atoms with E-state index in [0.717, 1.165) is 0 Å². The third-order valence-electron chi connectivity index (χ3n) is 7.26. The Kier molecular flexibility index (Phi) is 5.42. The fourth-order valence-electron chi connectivity index (χ4n) is 5.42. The molecule has 0 amide bonds. The predicted octanol–water partition coefficient (Wildman–Crippen LogP) is 5.62. The number of aryl methyl sites for hydroxylation is 2. The van der Waals surface area contributed by atoms with Crippen molar-refractivity contribution in [3.63, 3.8) is 0 Å². The van der Waals surface area contributed by atoms with Crippen LogP contribution in [0.5, 0.6) is 0 Å². The third kappa shape index (κ3) is 3.04. The molecule has 0 fully saturated rings. The van der Waals surface area contributed by atoms with E-state index < -0.39 is 8.07 Å². The Morgan fingerprint density at radius 1 is 0.633 bits per heavy atom. The van der Waals surface area contributed by atoms with E-state index >= 15 is 0 Å². The van der Waals surface area contributed by atoms with Crippen LogP contribution in [0.2, 0.25) is 0 Å². The van der Waals surface area contributed by atoms with Gasteiger partial charge >= 0.3 is 0 Å². The largest absolute Gasteiger partial charge is 0.176 e. The molecule has 1 aliphatic rings. The summed E-state index contributed by atoms with van der Waals surface area (Å²) in [6.07, 6.45) is 0. The monoisotopic (exact) mass is 408 g/mol. The van der Waals surface area contributed by atoms with E-state index in [4.69, 9.17) is 0 Å². The molecule has 4 rings (SSSR count). The van der Waals surface area contributed by atoms with Crippen LogP contribution >= 0.6 is 0 Å². The molecule has 0 radical (unpaired) electrons. The highest BCUT2D eigenvalue weighted by atomic mass is 28.3. The van der Waals surface area contributed by atoms with Crippen LogP contribution < -0.4 is 15.6 Å². The van der Waals surface area contributed by atoms with Crippen LogP contribution in [0.15, 0.2) is 101 Å². The Balaban J connectivity index is 2.21. The van der Waals surface area contributed by atoms with Gasteiger partial charge in [-0.15, -0.1) is 0 Å². The zero-order valence-electron chi connectivity index (χ0n) is 19.1. The topological polar surface area (TPSA) is 0 Å². The van der Waals surface area contributed by atoms with Gasteiger partial charge in [0.1, 0.15) is 0 Å². The Hall–Kier alpha value is -2.64. The summed E-state index contributed by atoms with van der Waals surface area (Å²) in [4.78, 5) is 0. The Morgan fingerprint density at radius 2 is 1.17 bits per heavy atom. The average Bonchev–Trinajstić information content (AvgIpc) is 2.96. The predicted molar refractivity (Wildman–Crippen MR) is 134 cm³/mol. The van der Waals surface area contributed by atoms with Gasteiger partial charge in [-0.05, 0) is 61.7 Å². The molecule has 0 aromatic heterocycles. The molecule has 0 N–H and O–H groups in total. The van der Waals surface area contributed by atoms with Gasteiger partial charge in [0.15, 0.2) is 8.07 Å². The van der Waals surface area contributed by atoms with E-state index in [9.17, 15) is 0 Å². The molecule has 0 spiro atoms. The van der Waals surface area contributed by atoms with Crippen molar-refractivity contribution in [1.82, 2.24) is 0 Å². The maximum absolute atomic E-state index is 2.47. The average molecular weight is 409 g/mol. The fourth-order valence-corrected chi connectivity index (χ4v) is 11.4. The van der Waals surface area contributed by atoms with E-state index in [1.165, 1.54) is 43.4 Å². The highest BCUT2D eigenvalue weighted by Crippen LogP contribution is 2.41. The molecule has 1 aliphatic carbocycles. The molecule has 3 aromatic rings. The lowest BCUT2D eigenvalue weighted by atomic mass is 10.1. The molecule has 0 saturated carbocycles. The standard InChI is InChI=1S/C29H32Si/c1-20-17-18-21(2)28(19-20)30(26-13-9-7-10-14-26,27-15-11-8-12-16-27)29-24(5)22(3)23(4)25(29)6/h7-19,24H,1-6H3. The van der Waals surface area contributed by atoms with Crippen LogP contribution in [0.4, 0.5) is 0 Å². The van der Waals surface area contributed by atoms with Crippen molar-refractivity contribution >= 4 is 23.6 Å². The van der Waals surface area contributed by atoms with Crippen molar-refractivity contribution in [3.8, 4) is 0 Å². The molecule has 152 valence electrons. The molecule has 0 saturated heterocycles. The van der Waals surface area contributed by atoms with Gasteiger partial charge in [0.25, 0.3) is 0 Å². The smallest absolute Gasteiger partial charge is 0.0636 e. The quantitative estimate of drug-likeness (QED) is 0.388. The van der Waals surface area contributed by atoms with Gasteiger partial charge in [0.05, 0.1) is 0 Å². The Labute approximate surface area is 183 Å². The summed E-state index contributed by atoms with van der Waals surface area (Å²) in [6, 6.07) is 29.7. The first-order chi connectivity index (χ1) is 14.4. The fraction of sp³-hybridized carbons (Fsp3) is 0.241. The van der Waals surface area contributed by atoms with Gasteiger partial charge in [-0.3, -0.25) is 0 Å². The summed E-state index contributed by atoms with van der Waals surface area (Å²) in [7, 11) is -2.44. The first-order valence-electron chi connectivity index (χ1n) is 11.0. The van der Waals surface area contributed by atoms with E-state index in [1.54, 1.807) is 5.20 Å². The lowest BCUT2D eigenvalue weighted by Gasteiger charge is -2.39. The highest BCUT2D eigenvalue weighted by Gasteiger charge is 2.48. The minimum atomic E-state index is -2.44. The Bertz CT molecular complexity index is 1090. The second-order valence-electron chi connectivity index (χ2n) is 8.87. The molecule has 0 nitrogen and oxygen atoms in total. The summed E-state index contributed by atoms with van der Waals surface area (Å²) in [6.45, 7) is 13.9. The SMILES string of the molecule is CC1=C(C)C(C)C([Si](c2ccccc2)(c2ccccc2)c2cc(C)ccc2C)=C1C. The van der Waals surface area contributed by atoms with Crippen LogP contribution in [0.3, 0.4) is 0 Å². The molecule has 0 heterocycles. The van der Waals surface area contributed by atoms with Gasteiger partial charge in [-0.25, -0.2) is 0 Å². The van der Waals surface area contributed by atoms with Gasteiger partial charge in [-0.1, -0.05) is 113 Å². The van der Waals surface area contributed by atoms with Crippen molar-refractivity contribution in [2.75, 3.05) is 0 Å². The van der Waals surface area contributed by atoms with Gasteiger partial charge in [0.2, 0.25) is 0 Å². The van der Waals surface area contributed by atoms with Gasteiger partial charge < -0.3 is 0 Å². The van der Waals surface area contributed by atoms with Crippen molar-refractivity contribution in [3.05, 3.63) is 112 Å². The van der Waals surface area contributed by atoms with Crippen LogP contribution in [0, 0.1) is 19.8 Å². The number of hydrogen-bond acceptors (Lipinski definition) is 0. The van der Waals surface area contributed by atoms with Crippen LogP contribution in [-0.2, 0) is 0 Å². The maximum Gasteiger partial charge on any atom is 0.176 e. The number of benzene rings is 3. The van der Waals surface area contributed by atoms with E-state index in [0.29, 0.717) is 5.92 Å². The molecule has 0 aliphatic heterocycles. The van der Waals surface area contributed by atoms with Crippen molar-refractivity contribution in [2.45, 2.75) is 41.5 Å². The lowest BCUT2D eigenvalue weighted by Crippen LogP contribution is -2.70. The normalized spacial score (nSPS) is 17.1. The van der Waals surface area contributed by atoms with E-state index in [2.05, 4.69) is 120 Å². The first-order valence-corrected chi connectivity index (χ1v) is 13.0. The van der Waals surface area contributed by atoms with E-state index in [-0.39, 0.29) is 0 Å². The summed E-state index contributed by atoms with van der Waals surface area (Å²) in [5.41, 5.74) is 7.24. The molecule has 30 heavy (non-hydrogen) atoms. The molecule has 1 unspecified atom stereocenters. The zero-order chi connectivity index (χ0) is 21.5. The summed E-state index contributed by atoms with van der Waals surface area (Å²) < 4.78 is 0. The second-order valence-corrected chi connectivity index (χ2v) is 12.6. The molecule has 1 atom stereocenters. The van der Waals surface area contributed by atoms with Crippen LogP contribution in [-0.4, -0.2) is 8.07 Å². The molecule has 3 aromatic carbocycles. The minimum Gasteiger partial charge on any atom is -0.0636 e. The third-order valence-corrected chi connectivity index (χ3v) is 12.6. The van der Waals surface area contributed by atoms with Crippen molar-refractivity contribution < 1.29 is 0 Å². The summed E-state index contributed by atoms with van der Waals surface area (Å²) >= 11 is 0. The molecular formula is C29H32Si. The van der Waals surface area contributed by atoms with Crippen molar-refractivity contribution in [2.24, 2.45) is 5.92 Å². The summed E-state index contributed by atoms with van der Waals surface area (Å²) in [5.74, 6) is 0.456. The van der Waals surface area contributed by atoms with Crippen molar-refractivity contribution in [1.29, 1.82) is 0 Å². The highest BCUT2D eigenvalue weighted by molar-refractivity contribution is 7.16. The number of allylic oxidation sites excluding steroid dienone is 4. The number of hydrogen-bond donors (Lipinski definition) is 0. The molecule has 1 heteroatoms. The zero-order valence-corrected chi connectivity index (χ0v) is 20.1. The lowest BCUT2D eigenvalue weighted by molar-refractivity contribution is 0.851. The summed E-state index contributed by atoms with van der Waals surface area (Å²) in [5, 5.41) is 6.15. The minimum absolute atomic E-state index is 0.456. The molecular weight excluding hydrogens is 376 g/mol. The van der Waals surface area contributed by atoms with E-state index in [1.807, 2.05) is 0 Å². The second kappa shape index (κ2) is 7.89. The molecule has 0 bridgehead atoms. The number of rotatable bonds is 4. The van der Waals surface area contributed by atoms with Crippen LogP contribution in [0.25, 0.3) is 0 Å². The van der Waals surface area contributed by atoms with Crippen LogP contribution in [0.1, 0.15) is 38.8 Å². The van der Waals surface area contributed by atoms with Gasteiger partial charge in [-0.2, -0.15) is 0 Å². The maximum atomic E-state index is 2.47.